The molecule has 1 aromatic carbocycles. The van der Waals surface area contributed by atoms with Gasteiger partial charge < -0.3 is 19.4 Å². The van der Waals surface area contributed by atoms with Gasteiger partial charge in [0.25, 0.3) is 17.3 Å². The van der Waals surface area contributed by atoms with Crippen LogP contribution < -0.4 is 9.80 Å². The van der Waals surface area contributed by atoms with Gasteiger partial charge in [-0.05, 0) is 12.1 Å². The van der Waals surface area contributed by atoms with Gasteiger partial charge in [-0.25, -0.2) is 0 Å². The molecule has 0 saturated carbocycles. The third-order valence-corrected chi connectivity index (χ3v) is 5.43. The maximum Gasteiger partial charge on any atom is 0.277 e. The number of non-ortho nitro benzene ring substituents is 2. The van der Waals surface area contributed by atoms with Crippen molar-refractivity contribution in [3.05, 3.63) is 56.1 Å². The van der Waals surface area contributed by atoms with Gasteiger partial charge in [0, 0.05) is 51.4 Å². The fourth-order valence-corrected chi connectivity index (χ4v) is 3.70. The lowest BCUT2D eigenvalue weighted by atomic mass is 10.1. The van der Waals surface area contributed by atoms with Crippen molar-refractivity contribution in [2.45, 2.75) is 0 Å². The number of aromatic nitrogens is 2. The standard InChI is InChI=1S/C19H21N7O6/c27-19(14-11-15(25(28)29)13-16(12-14)26(30)31)24-5-3-22(4-6-24)17-1-2-18(21-20-17)23-7-9-32-10-8-23/h1-2,11-13H,3-10H2. The predicted molar refractivity (Wildman–Crippen MR) is 113 cm³/mol. The third-order valence-electron chi connectivity index (χ3n) is 5.43. The highest BCUT2D eigenvalue weighted by molar-refractivity contribution is 5.95. The summed E-state index contributed by atoms with van der Waals surface area (Å²) in [5.74, 6) is 1.00. The number of nitro groups is 2. The summed E-state index contributed by atoms with van der Waals surface area (Å²) in [5, 5.41) is 30.8. The maximum atomic E-state index is 12.8. The molecular weight excluding hydrogens is 422 g/mol. The normalized spacial score (nSPS) is 16.7. The molecule has 168 valence electrons. The van der Waals surface area contributed by atoms with Crippen LogP contribution in [0, 0.1) is 20.2 Å². The van der Waals surface area contributed by atoms with Crippen molar-refractivity contribution >= 4 is 28.9 Å². The molecule has 0 N–H and O–H groups in total. The van der Waals surface area contributed by atoms with E-state index in [0.717, 1.165) is 37.1 Å². The monoisotopic (exact) mass is 443 g/mol. The van der Waals surface area contributed by atoms with Crippen LogP contribution in [-0.2, 0) is 4.74 Å². The molecule has 2 fully saturated rings. The molecule has 3 heterocycles. The van der Waals surface area contributed by atoms with E-state index in [2.05, 4.69) is 15.1 Å². The zero-order valence-electron chi connectivity index (χ0n) is 17.1. The molecule has 2 aromatic rings. The van der Waals surface area contributed by atoms with Crippen molar-refractivity contribution in [2.75, 3.05) is 62.3 Å². The number of piperazine rings is 1. The first-order valence-electron chi connectivity index (χ1n) is 10.1. The number of carbonyl (C=O) groups is 1. The molecule has 32 heavy (non-hydrogen) atoms. The van der Waals surface area contributed by atoms with Crippen LogP contribution in [0.25, 0.3) is 0 Å². The molecule has 0 aliphatic carbocycles. The highest BCUT2D eigenvalue weighted by atomic mass is 16.6. The maximum absolute atomic E-state index is 12.8. The van der Waals surface area contributed by atoms with Gasteiger partial charge in [0.1, 0.15) is 0 Å². The molecule has 1 aromatic heterocycles. The van der Waals surface area contributed by atoms with Crippen LogP contribution in [0.1, 0.15) is 10.4 Å². The Labute approximate surface area is 182 Å². The van der Waals surface area contributed by atoms with Crippen molar-refractivity contribution in [3.63, 3.8) is 0 Å². The zero-order valence-corrected chi connectivity index (χ0v) is 17.1. The second-order valence-corrected chi connectivity index (χ2v) is 7.38. The summed E-state index contributed by atoms with van der Waals surface area (Å²) < 4.78 is 5.34. The van der Waals surface area contributed by atoms with Gasteiger partial charge in [0.05, 0.1) is 34.7 Å². The minimum Gasteiger partial charge on any atom is -0.378 e. The summed E-state index contributed by atoms with van der Waals surface area (Å²) in [6.45, 7) is 4.54. The Morgan fingerprint density at radius 2 is 1.31 bits per heavy atom. The van der Waals surface area contributed by atoms with Crippen molar-refractivity contribution in [2.24, 2.45) is 0 Å². The van der Waals surface area contributed by atoms with E-state index in [9.17, 15) is 25.0 Å². The van der Waals surface area contributed by atoms with Crippen LogP contribution in [0.5, 0.6) is 0 Å². The van der Waals surface area contributed by atoms with Crippen LogP contribution in [0.15, 0.2) is 30.3 Å². The van der Waals surface area contributed by atoms with Crippen molar-refractivity contribution in [3.8, 4) is 0 Å². The van der Waals surface area contributed by atoms with Gasteiger partial charge in [0.15, 0.2) is 11.6 Å². The lowest BCUT2D eigenvalue weighted by Gasteiger charge is -2.35. The highest BCUT2D eigenvalue weighted by Crippen LogP contribution is 2.24. The molecule has 4 rings (SSSR count). The smallest absolute Gasteiger partial charge is 0.277 e. The van der Waals surface area contributed by atoms with E-state index in [-0.39, 0.29) is 5.56 Å². The number of anilines is 2. The molecule has 0 radical (unpaired) electrons. The van der Waals surface area contributed by atoms with Crippen LogP contribution in [0.4, 0.5) is 23.0 Å². The highest BCUT2D eigenvalue weighted by Gasteiger charge is 2.26. The number of benzene rings is 1. The summed E-state index contributed by atoms with van der Waals surface area (Å²) in [6.07, 6.45) is 0. The predicted octanol–water partition coefficient (Wildman–Crippen LogP) is 1.09. The summed E-state index contributed by atoms with van der Waals surface area (Å²) in [5.41, 5.74) is -1.05. The van der Waals surface area contributed by atoms with E-state index >= 15 is 0 Å². The SMILES string of the molecule is O=C(c1cc([N+](=O)[O-])cc([N+](=O)[O-])c1)N1CCN(c2ccc(N3CCOCC3)nn2)CC1. The molecule has 1 amide bonds. The molecule has 13 heteroatoms. The number of hydrogen-bond donors (Lipinski definition) is 0. The van der Waals surface area contributed by atoms with E-state index in [0.29, 0.717) is 45.2 Å². The first-order valence-corrected chi connectivity index (χ1v) is 10.1. The second-order valence-electron chi connectivity index (χ2n) is 7.38. The van der Waals surface area contributed by atoms with E-state index in [1.807, 2.05) is 17.0 Å². The minimum absolute atomic E-state index is 0.0750. The van der Waals surface area contributed by atoms with Gasteiger partial charge in [-0.3, -0.25) is 25.0 Å². The molecule has 2 saturated heterocycles. The Balaban J connectivity index is 1.41. The van der Waals surface area contributed by atoms with Crippen LogP contribution in [0.3, 0.4) is 0 Å². The largest absolute Gasteiger partial charge is 0.378 e. The topological polar surface area (TPSA) is 148 Å². The van der Waals surface area contributed by atoms with E-state index < -0.39 is 27.1 Å². The number of nitro benzene ring substituents is 2. The van der Waals surface area contributed by atoms with Gasteiger partial charge in [-0.1, -0.05) is 0 Å². The van der Waals surface area contributed by atoms with Gasteiger partial charge in [0.2, 0.25) is 0 Å². The average molecular weight is 443 g/mol. The number of ether oxygens (including phenoxy) is 1. The number of amides is 1. The molecule has 0 bridgehead atoms. The van der Waals surface area contributed by atoms with E-state index in [4.69, 9.17) is 4.74 Å². The van der Waals surface area contributed by atoms with Crippen molar-refractivity contribution in [1.29, 1.82) is 0 Å². The first-order chi connectivity index (χ1) is 15.4. The average Bonchev–Trinajstić information content (AvgIpc) is 2.84. The molecule has 0 atom stereocenters. The van der Waals surface area contributed by atoms with Crippen molar-refractivity contribution in [1.82, 2.24) is 15.1 Å². The summed E-state index contributed by atoms with van der Waals surface area (Å²) >= 11 is 0. The zero-order chi connectivity index (χ0) is 22.7. The number of rotatable bonds is 5. The minimum atomic E-state index is -0.749. The fraction of sp³-hybridized carbons (Fsp3) is 0.421. The van der Waals surface area contributed by atoms with Crippen LogP contribution in [0.2, 0.25) is 0 Å². The number of hydrogen-bond acceptors (Lipinski definition) is 10. The number of carbonyl (C=O) groups excluding carboxylic acids is 1. The fourth-order valence-electron chi connectivity index (χ4n) is 3.70. The Kier molecular flexibility index (Phi) is 6.07. The van der Waals surface area contributed by atoms with Crippen LogP contribution in [-0.4, -0.2) is 83.3 Å². The Morgan fingerprint density at radius 1 is 0.812 bits per heavy atom. The van der Waals surface area contributed by atoms with Crippen LogP contribution >= 0.6 is 0 Å². The summed E-state index contributed by atoms with van der Waals surface area (Å²) in [7, 11) is 0. The number of nitrogens with zero attached hydrogens (tertiary/aromatic N) is 7. The molecule has 0 spiro atoms. The summed E-state index contributed by atoms with van der Waals surface area (Å²) in [4.78, 5) is 39.1. The van der Waals surface area contributed by atoms with Gasteiger partial charge in [-0.2, -0.15) is 0 Å². The van der Waals surface area contributed by atoms with Gasteiger partial charge >= 0.3 is 0 Å². The van der Waals surface area contributed by atoms with E-state index in [1.165, 1.54) is 4.90 Å². The Bertz CT molecular complexity index is 985. The lowest BCUT2D eigenvalue weighted by molar-refractivity contribution is -0.394. The lowest BCUT2D eigenvalue weighted by Crippen LogP contribution is -2.49. The second kappa shape index (κ2) is 9.09. The van der Waals surface area contributed by atoms with Gasteiger partial charge in [-0.15, -0.1) is 10.2 Å². The first kappa shape index (κ1) is 21.4. The van der Waals surface area contributed by atoms with E-state index in [1.54, 1.807) is 0 Å². The van der Waals surface area contributed by atoms with Crippen molar-refractivity contribution < 1.29 is 19.4 Å². The Hall–Kier alpha value is -3.87. The molecule has 2 aliphatic heterocycles. The quantitative estimate of drug-likeness (QED) is 0.485. The molecular formula is C19H21N7O6. The molecule has 0 unspecified atom stereocenters. The Morgan fingerprint density at radius 3 is 1.78 bits per heavy atom. The number of morpholine rings is 1. The molecule has 2 aliphatic rings. The molecule has 13 nitrogen and oxygen atoms in total. The summed E-state index contributed by atoms with van der Waals surface area (Å²) in [6, 6.07) is 6.77. The third kappa shape index (κ3) is 4.56.